The molecule has 4 heteroatoms. The summed E-state index contributed by atoms with van der Waals surface area (Å²) in [6.45, 7) is 1.98. The van der Waals surface area contributed by atoms with Crippen LogP contribution in [0, 0.1) is 6.92 Å². The zero-order valence-corrected chi connectivity index (χ0v) is 11.6. The Morgan fingerprint density at radius 2 is 2.21 bits per heavy atom. The lowest BCUT2D eigenvalue weighted by molar-refractivity contribution is 0.167. The molecule has 0 fully saturated rings. The summed E-state index contributed by atoms with van der Waals surface area (Å²) >= 11 is 0. The van der Waals surface area contributed by atoms with Gasteiger partial charge in [-0.25, -0.2) is 0 Å². The predicted molar refractivity (Wildman–Crippen MR) is 74.2 cm³/mol. The van der Waals surface area contributed by atoms with Crippen LogP contribution in [0.15, 0.2) is 30.6 Å². The number of nitrogens with zero attached hydrogens (tertiary/aromatic N) is 2. The molecular weight excluding hydrogens is 240 g/mol. The minimum Gasteiger partial charge on any atom is -0.496 e. The lowest BCUT2D eigenvalue weighted by Crippen LogP contribution is -2.00. The molecule has 2 rings (SSSR count). The summed E-state index contributed by atoms with van der Waals surface area (Å²) in [6, 6.07) is 5.80. The van der Waals surface area contributed by atoms with E-state index in [1.807, 2.05) is 44.6 Å². The fourth-order valence-corrected chi connectivity index (χ4v) is 2.18. The van der Waals surface area contributed by atoms with E-state index in [4.69, 9.17) is 4.74 Å². The van der Waals surface area contributed by atoms with Crippen molar-refractivity contribution in [1.82, 2.24) is 9.78 Å². The molecule has 2 aromatic rings. The van der Waals surface area contributed by atoms with Crippen LogP contribution in [0.1, 0.15) is 29.2 Å². The molecule has 0 aliphatic rings. The van der Waals surface area contributed by atoms with Gasteiger partial charge in [0.1, 0.15) is 5.75 Å². The van der Waals surface area contributed by atoms with Crippen LogP contribution in [0.2, 0.25) is 0 Å². The lowest BCUT2D eigenvalue weighted by Gasteiger charge is -2.13. The van der Waals surface area contributed by atoms with Crippen molar-refractivity contribution < 1.29 is 9.84 Å². The van der Waals surface area contributed by atoms with E-state index in [-0.39, 0.29) is 0 Å². The van der Waals surface area contributed by atoms with E-state index in [2.05, 4.69) is 5.10 Å². The molecule has 0 bridgehead atoms. The molecule has 19 heavy (non-hydrogen) atoms. The zero-order valence-electron chi connectivity index (χ0n) is 11.6. The van der Waals surface area contributed by atoms with Crippen molar-refractivity contribution in [1.29, 1.82) is 0 Å². The summed E-state index contributed by atoms with van der Waals surface area (Å²) in [4.78, 5) is 0. The van der Waals surface area contributed by atoms with E-state index in [1.54, 1.807) is 11.8 Å². The summed E-state index contributed by atoms with van der Waals surface area (Å²) in [7, 11) is 3.55. The first-order valence-electron chi connectivity index (χ1n) is 6.40. The van der Waals surface area contributed by atoms with Gasteiger partial charge in [-0.2, -0.15) is 5.10 Å². The van der Waals surface area contributed by atoms with Crippen molar-refractivity contribution in [2.45, 2.75) is 25.9 Å². The zero-order chi connectivity index (χ0) is 13.8. The van der Waals surface area contributed by atoms with Crippen LogP contribution in [0.25, 0.3) is 0 Å². The molecule has 0 radical (unpaired) electrons. The van der Waals surface area contributed by atoms with Gasteiger partial charge in [0, 0.05) is 13.2 Å². The molecule has 4 nitrogen and oxygen atoms in total. The molecule has 1 N–H and O–H groups in total. The normalized spacial score (nSPS) is 12.4. The van der Waals surface area contributed by atoms with Crippen LogP contribution in [-0.4, -0.2) is 22.0 Å². The second kappa shape index (κ2) is 5.89. The highest BCUT2D eigenvalue weighted by Crippen LogP contribution is 2.25. The number of aliphatic hydroxyl groups excluding tert-OH is 1. The maximum Gasteiger partial charge on any atom is 0.121 e. The van der Waals surface area contributed by atoms with Gasteiger partial charge in [-0.05, 0) is 48.6 Å². The smallest absolute Gasteiger partial charge is 0.121 e. The Hall–Kier alpha value is -1.81. The molecule has 1 heterocycles. The van der Waals surface area contributed by atoms with E-state index in [0.29, 0.717) is 6.42 Å². The Morgan fingerprint density at radius 3 is 2.79 bits per heavy atom. The van der Waals surface area contributed by atoms with Crippen molar-refractivity contribution in [2.75, 3.05) is 7.11 Å². The second-order valence-electron chi connectivity index (χ2n) is 4.81. The van der Waals surface area contributed by atoms with Gasteiger partial charge < -0.3 is 9.84 Å². The van der Waals surface area contributed by atoms with Gasteiger partial charge in [-0.15, -0.1) is 0 Å². The number of methoxy groups -OCH3 is 1. The Balaban J connectivity index is 1.99. The summed E-state index contributed by atoms with van der Waals surface area (Å²) in [6.07, 6.45) is 4.88. The van der Waals surface area contributed by atoms with E-state index in [1.165, 1.54) is 0 Å². The standard InChI is InChI=1S/C15H20N2O2/c1-11-8-13(5-7-15(11)19-3)14(18)6-4-12-9-16-17(2)10-12/h5,7-10,14,18H,4,6H2,1-3H3. The van der Waals surface area contributed by atoms with Gasteiger partial charge in [0.05, 0.1) is 19.4 Å². The number of aryl methyl sites for hydroxylation is 3. The van der Waals surface area contributed by atoms with Crippen LogP contribution in [0.5, 0.6) is 5.75 Å². The van der Waals surface area contributed by atoms with Gasteiger partial charge in [-0.1, -0.05) is 6.07 Å². The van der Waals surface area contributed by atoms with Crippen LogP contribution >= 0.6 is 0 Å². The number of ether oxygens (including phenoxy) is 1. The Labute approximate surface area is 113 Å². The summed E-state index contributed by atoms with van der Waals surface area (Å²) in [5, 5.41) is 14.3. The number of hydrogen-bond acceptors (Lipinski definition) is 3. The SMILES string of the molecule is COc1ccc(C(O)CCc2cnn(C)c2)cc1C. The third-order valence-electron chi connectivity index (χ3n) is 3.27. The first kappa shape index (κ1) is 13.6. The topological polar surface area (TPSA) is 47.3 Å². The number of hydrogen-bond donors (Lipinski definition) is 1. The minimum absolute atomic E-state index is 0.454. The van der Waals surface area contributed by atoms with Gasteiger partial charge in [0.25, 0.3) is 0 Å². The maximum absolute atomic E-state index is 10.2. The number of aromatic nitrogens is 2. The van der Waals surface area contributed by atoms with E-state index in [0.717, 1.165) is 28.9 Å². The average Bonchev–Trinajstić information content (AvgIpc) is 2.81. The highest BCUT2D eigenvalue weighted by molar-refractivity contribution is 5.37. The monoisotopic (exact) mass is 260 g/mol. The fourth-order valence-electron chi connectivity index (χ4n) is 2.18. The third-order valence-corrected chi connectivity index (χ3v) is 3.27. The number of rotatable bonds is 5. The Morgan fingerprint density at radius 1 is 1.42 bits per heavy atom. The van der Waals surface area contributed by atoms with Gasteiger partial charge in [-0.3, -0.25) is 4.68 Å². The Kier molecular flexibility index (Phi) is 4.22. The first-order valence-corrected chi connectivity index (χ1v) is 6.40. The van der Waals surface area contributed by atoms with Crippen LogP contribution in [-0.2, 0) is 13.5 Å². The fraction of sp³-hybridized carbons (Fsp3) is 0.400. The van der Waals surface area contributed by atoms with Gasteiger partial charge in [0.2, 0.25) is 0 Å². The third kappa shape index (κ3) is 3.35. The highest BCUT2D eigenvalue weighted by atomic mass is 16.5. The number of aliphatic hydroxyl groups is 1. The molecular formula is C15H20N2O2. The van der Waals surface area contributed by atoms with Crippen molar-refractivity contribution >= 4 is 0 Å². The average molecular weight is 260 g/mol. The molecule has 1 aromatic heterocycles. The van der Waals surface area contributed by atoms with Crippen molar-refractivity contribution in [3.8, 4) is 5.75 Å². The van der Waals surface area contributed by atoms with Gasteiger partial charge in [0.15, 0.2) is 0 Å². The molecule has 0 amide bonds. The first-order chi connectivity index (χ1) is 9.10. The lowest BCUT2D eigenvalue weighted by atomic mass is 10.0. The second-order valence-corrected chi connectivity index (χ2v) is 4.81. The van der Waals surface area contributed by atoms with Crippen LogP contribution in [0.4, 0.5) is 0 Å². The molecule has 0 aliphatic heterocycles. The van der Waals surface area contributed by atoms with Crippen molar-refractivity contribution in [3.63, 3.8) is 0 Å². The molecule has 0 aliphatic carbocycles. The van der Waals surface area contributed by atoms with Crippen LogP contribution < -0.4 is 4.74 Å². The quantitative estimate of drug-likeness (QED) is 0.898. The molecule has 0 saturated heterocycles. The van der Waals surface area contributed by atoms with E-state index in [9.17, 15) is 5.11 Å². The molecule has 102 valence electrons. The summed E-state index contributed by atoms with van der Waals surface area (Å²) in [5.74, 6) is 0.850. The highest BCUT2D eigenvalue weighted by Gasteiger charge is 2.10. The van der Waals surface area contributed by atoms with E-state index < -0.39 is 6.10 Å². The molecule has 1 atom stereocenters. The minimum atomic E-state index is -0.454. The van der Waals surface area contributed by atoms with Crippen LogP contribution in [0.3, 0.4) is 0 Å². The largest absolute Gasteiger partial charge is 0.496 e. The molecule has 1 aromatic carbocycles. The predicted octanol–water partition coefficient (Wildman–Crippen LogP) is 2.40. The molecule has 0 saturated carbocycles. The molecule has 1 unspecified atom stereocenters. The van der Waals surface area contributed by atoms with E-state index >= 15 is 0 Å². The maximum atomic E-state index is 10.2. The van der Waals surface area contributed by atoms with Gasteiger partial charge >= 0.3 is 0 Å². The van der Waals surface area contributed by atoms with Crippen molar-refractivity contribution in [3.05, 3.63) is 47.3 Å². The summed E-state index contributed by atoms with van der Waals surface area (Å²) < 4.78 is 7.00. The Bertz CT molecular complexity index is 549. The number of benzene rings is 1. The van der Waals surface area contributed by atoms with Crippen molar-refractivity contribution in [2.24, 2.45) is 7.05 Å². The summed E-state index contributed by atoms with van der Waals surface area (Å²) in [5.41, 5.74) is 3.12. The molecule has 0 spiro atoms.